The van der Waals surface area contributed by atoms with Gasteiger partial charge in [0.1, 0.15) is 35.6 Å². The molecular formula is C24H19FN2O3. The number of amides is 1. The smallest absolute Gasteiger partial charge is 0.266 e. The minimum absolute atomic E-state index is 0.0583. The van der Waals surface area contributed by atoms with Gasteiger partial charge in [0.05, 0.1) is 7.11 Å². The van der Waals surface area contributed by atoms with E-state index in [0.717, 1.165) is 0 Å². The van der Waals surface area contributed by atoms with Crippen molar-refractivity contribution in [3.8, 4) is 17.6 Å². The maximum absolute atomic E-state index is 13.7. The molecule has 30 heavy (non-hydrogen) atoms. The van der Waals surface area contributed by atoms with Gasteiger partial charge in [0, 0.05) is 11.3 Å². The number of ether oxygens (including phenoxy) is 2. The predicted molar refractivity (Wildman–Crippen MR) is 112 cm³/mol. The molecule has 0 spiro atoms. The van der Waals surface area contributed by atoms with Gasteiger partial charge in [0.15, 0.2) is 0 Å². The van der Waals surface area contributed by atoms with Crippen LogP contribution in [0.15, 0.2) is 78.4 Å². The lowest BCUT2D eigenvalue weighted by Gasteiger charge is -2.08. The molecular weight excluding hydrogens is 383 g/mol. The molecule has 0 aliphatic carbocycles. The van der Waals surface area contributed by atoms with Gasteiger partial charge in [0.25, 0.3) is 5.91 Å². The molecule has 3 rings (SSSR count). The number of nitrogens with one attached hydrogen (secondary N) is 1. The number of benzene rings is 3. The summed E-state index contributed by atoms with van der Waals surface area (Å²) in [5.41, 5.74) is 1.54. The largest absolute Gasteiger partial charge is 0.497 e. The lowest BCUT2D eigenvalue weighted by Crippen LogP contribution is -2.13. The summed E-state index contributed by atoms with van der Waals surface area (Å²) in [6.45, 7) is 0.0723. The van der Waals surface area contributed by atoms with Gasteiger partial charge in [-0.25, -0.2) is 4.39 Å². The summed E-state index contributed by atoms with van der Waals surface area (Å²) < 4.78 is 24.4. The molecule has 0 radical (unpaired) electrons. The third-order valence-corrected chi connectivity index (χ3v) is 4.23. The van der Waals surface area contributed by atoms with Crippen molar-refractivity contribution in [3.63, 3.8) is 0 Å². The van der Waals surface area contributed by atoms with Crippen molar-refractivity contribution in [2.75, 3.05) is 12.4 Å². The zero-order chi connectivity index (χ0) is 21.3. The van der Waals surface area contributed by atoms with Crippen molar-refractivity contribution >= 4 is 17.7 Å². The normalized spacial score (nSPS) is 10.8. The van der Waals surface area contributed by atoms with Crippen LogP contribution in [0.5, 0.6) is 11.5 Å². The molecule has 5 nitrogen and oxygen atoms in total. The van der Waals surface area contributed by atoms with Crippen molar-refractivity contribution in [2.24, 2.45) is 0 Å². The van der Waals surface area contributed by atoms with Gasteiger partial charge in [-0.05, 0) is 54.1 Å². The first kappa shape index (κ1) is 20.6. The molecule has 3 aromatic carbocycles. The average molecular weight is 402 g/mol. The highest BCUT2D eigenvalue weighted by molar-refractivity contribution is 6.09. The topological polar surface area (TPSA) is 71.3 Å². The third kappa shape index (κ3) is 5.46. The summed E-state index contributed by atoms with van der Waals surface area (Å²) in [4.78, 5) is 12.4. The summed E-state index contributed by atoms with van der Waals surface area (Å²) in [6, 6.07) is 22.0. The number of halogens is 1. The number of hydrogen-bond donors (Lipinski definition) is 1. The zero-order valence-electron chi connectivity index (χ0n) is 16.3. The monoisotopic (exact) mass is 402 g/mol. The minimum atomic E-state index is -0.527. The fourth-order valence-corrected chi connectivity index (χ4v) is 2.66. The first-order valence-corrected chi connectivity index (χ1v) is 9.12. The molecule has 0 saturated heterocycles. The molecule has 0 aliphatic rings. The Morgan fingerprint density at radius 1 is 1.07 bits per heavy atom. The number of carbonyl (C=O) groups excluding carboxylic acids is 1. The van der Waals surface area contributed by atoms with Crippen LogP contribution in [-0.4, -0.2) is 13.0 Å². The van der Waals surface area contributed by atoms with Crippen LogP contribution >= 0.6 is 0 Å². The average Bonchev–Trinajstić information content (AvgIpc) is 2.77. The van der Waals surface area contributed by atoms with Gasteiger partial charge >= 0.3 is 0 Å². The van der Waals surface area contributed by atoms with Crippen molar-refractivity contribution in [1.82, 2.24) is 0 Å². The van der Waals surface area contributed by atoms with Gasteiger partial charge < -0.3 is 14.8 Å². The second-order valence-electron chi connectivity index (χ2n) is 6.31. The highest BCUT2D eigenvalue weighted by Crippen LogP contribution is 2.19. The Labute approximate surface area is 174 Å². The molecule has 3 aromatic rings. The Hall–Kier alpha value is -4.11. The molecule has 1 amide bonds. The molecule has 6 heteroatoms. The molecule has 0 atom stereocenters. The molecule has 0 fully saturated rings. The van der Waals surface area contributed by atoms with Crippen LogP contribution in [0.25, 0.3) is 6.08 Å². The zero-order valence-corrected chi connectivity index (χ0v) is 16.3. The Kier molecular flexibility index (Phi) is 6.80. The highest BCUT2D eigenvalue weighted by atomic mass is 19.1. The van der Waals surface area contributed by atoms with E-state index in [0.29, 0.717) is 28.3 Å². The van der Waals surface area contributed by atoms with Crippen LogP contribution in [0.1, 0.15) is 11.1 Å². The quantitative estimate of drug-likeness (QED) is 0.448. The van der Waals surface area contributed by atoms with E-state index in [2.05, 4.69) is 5.32 Å². The van der Waals surface area contributed by atoms with Crippen LogP contribution in [0, 0.1) is 17.1 Å². The van der Waals surface area contributed by atoms with Crippen LogP contribution in [0.4, 0.5) is 10.1 Å². The second kappa shape index (κ2) is 9.89. The summed E-state index contributed by atoms with van der Waals surface area (Å²) in [7, 11) is 1.55. The molecule has 0 saturated carbocycles. The summed E-state index contributed by atoms with van der Waals surface area (Å²) in [6.07, 6.45) is 1.47. The SMILES string of the molecule is COc1ccc(NC(=O)/C(C#N)=C\c2cccc(OCc3ccccc3F)c2)cc1. The first-order valence-electron chi connectivity index (χ1n) is 9.12. The molecule has 0 aromatic heterocycles. The van der Waals surface area contributed by atoms with Gasteiger partial charge in [-0.1, -0.05) is 30.3 Å². The van der Waals surface area contributed by atoms with Crippen molar-refractivity contribution in [2.45, 2.75) is 6.61 Å². The van der Waals surface area contributed by atoms with Gasteiger partial charge in [-0.3, -0.25) is 4.79 Å². The number of anilines is 1. The lowest BCUT2D eigenvalue weighted by atomic mass is 10.1. The van der Waals surface area contributed by atoms with Crippen molar-refractivity contribution in [1.29, 1.82) is 5.26 Å². The number of nitrogens with zero attached hydrogens (tertiary/aromatic N) is 1. The number of nitriles is 1. The summed E-state index contributed by atoms with van der Waals surface area (Å²) in [5, 5.41) is 12.1. The summed E-state index contributed by atoms with van der Waals surface area (Å²) in [5.74, 6) is 0.298. The molecule has 0 bridgehead atoms. The number of rotatable bonds is 7. The number of carbonyl (C=O) groups is 1. The van der Waals surface area contributed by atoms with E-state index in [1.54, 1.807) is 73.8 Å². The van der Waals surface area contributed by atoms with Crippen LogP contribution in [-0.2, 0) is 11.4 Å². The van der Waals surface area contributed by atoms with Crippen LogP contribution < -0.4 is 14.8 Å². The van der Waals surface area contributed by atoms with Gasteiger partial charge in [-0.2, -0.15) is 5.26 Å². The number of methoxy groups -OCH3 is 1. The second-order valence-corrected chi connectivity index (χ2v) is 6.31. The van der Waals surface area contributed by atoms with E-state index in [1.165, 1.54) is 12.1 Å². The molecule has 0 unspecified atom stereocenters. The highest BCUT2D eigenvalue weighted by Gasteiger charge is 2.10. The Morgan fingerprint density at radius 2 is 1.83 bits per heavy atom. The van der Waals surface area contributed by atoms with Crippen molar-refractivity contribution in [3.05, 3.63) is 95.3 Å². The van der Waals surface area contributed by atoms with Crippen LogP contribution in [0.2, 0.25) is 0 Å². The van der Waals surface area contributed by atoms with E-state index in [4.69, 9.17) is 9.47 Å². The summed E-state index contributed by atoms with van der Waals surface area (Å²) >= 11 is 0. The Morgan fingerprint density at radius 3 is 2.53 bits per heavy atom. The minimum Gasteiger partial charge on any atom is -0.497 e. The molecule has 0 aliphatic heterocycles. The standard InChI is InChI=1S/C24H19FN2O3/c1-29-21-11-9-20(10-12-21)27-24(28)19(15-26)13-17-5-4-7-22(14-17)30-16-18-6-2-3-8-23(18)25/h2-14H,16H2,1H3,(H,27,28)/b19-13-. The Bertz CT molecular complexity index is 1100. The Balaban J connectivity index is 1.70. The first-order chi connectivity index (χ1) is 14.6. The molecule has 150 valence electrons. The maximum atomic E-state index is 13.7. The van der Waals surface area contributed by atoms with Gasteiger partial charge in [0.2, 0.25) is 0 Å². The van der Waals surface area contributed by atoms with Gasteiger partial charge in [-0.15, -0.1) is 0 Å². The molecule has 1 N–H and O–H groups in total. The fraction of sp³-hybridized carbons (Fsp3) is 0.0833. The third-order valence-electron chi connectivity index (χ3n) is 4.23. The predicted octanol–water partition coefficient (Wildman–Crippen LogP) is 4.96. The van der Waals surface area contributed by atoms with Crippen LogP contribution in [0.3, 0.4) is 0 Å². The van der Waals surface area contributed by atoms with E-state index in [-0.39, 0.29) is 18.0 Å². The van der Waals surface area contributed by atoms with E-state index in [9.17, 15) is 14.4 Å². The maximum Gasteiger partial charge on any atom is 0.266 e. The van der Waals surface area contributed by atoms with E-state index < -0.39 is 5.91 Å². The lowest BCUT2D eigenvalue weighted by molar-refractivity contribution is -0.112. The van der Waals surface area contributed by atoms with Crippen molar-refractivity contribution < 1.29 is 18.7 Å². The molecule has 0 heterocycles. The van der Waals surface area contributed by atoms with E-state index >= 15 is 0 Å². The fourth-order valence-electron chi connectivity index (χ4n) is 2.66. The number of hydrogen-bond acceptors (Lipinski definition) is 4. The van der Waals surface area contributed by atoms with E-state index in [1.807, 2.05) is 6.07 Å².